The second-order valence-electron chi connectivity index (χ2n) is 8.58. The number of carbonyl (C=O) groups is 1. The van der Waals surface area contributed by atoms with Crippen LogP contribution in [0.4, 0.5) is 10.0 Å². The first-order valence-electron chi connectivity index (χ1n) is 10.8. The van der Waals surface area contributed by atoms with E-state index in [1.54, 1.807) is 11.3 Å². The molecule has 1 saturated heterocycles. The number of thioether (sulfide) groups is 1. The number of carbonyl (C=O) groups excluding carboxylic acids is 1. The second-order valence-corrected chi connectivity index (χ2v) is 10.8. The summed E-state index contributed by atoms with van der Waals surface area (Å²) in [6, 6.07) is 2.58. The monoisotopic (exact) mass is 448 g/mol. The summed E-state index contributed by atoms with van der Waals surface area (Å²) in [6.45, 7) is 2.25. The molecular formula is C21H32N6OS2. The SMILES string of the molecule is CCC1C/C(=N\N(C)C)C2C=NN(c3cc(C(N)=O)c(NC4CCSCC4)s3)C2C1. The van der Waals surface area contributed by atoms with E-state index in [4.69, 9.17) is 15.9 Å². The van der Waals surface area contributed by atoms with Gasteiger partial charge in [-0.2, -0.15) is 22.0 Å². The molecule has 3 aliphatic rings. The van der Waals surface area contributed by atoms with Gasteiger partial charge in [-0.05, 0) is 49.2 Å². The zero-order valence-corrected chi connectivity index (χ0v) is 19.6. The van der Waals surface area contributed by atoms with Crippen molar-refractivity contribution in [3.8, 4) is 0 Å². The highest BCUT2D eigenvalue weighted by molar-refractivity contribution is 7.99. The summed E-state index contributed by atoms with van der Waals surface area (Å²) < 4.78 is 0. The van der Waals surface area contributed by atoms with Gasteiger partial charge in [0.05, 0.1) is 17.5 Å². The summed E-state index contributed by atoms with van der Waals surface area (Å²) in [7, 11) is 3.95. The van der Waals surface area contributed by atoms with E-state index in [9.17, 15) is 4.79 Å². The minimum Gasteiger partial charge on any atom is -0.373 e. The molecule has 2 fully saturated rings. The zero-order chi connectivity index (χ0) is 21.3. The van der Waals surface area contributed by atoms with E-state index < -0.39 is 0 Å². The molecule has 30 heavy (non-hydrogen) atoms. The number of nitrogens with one attached hydrogen (secondary N) is 1. The summed E-state index contributed by atoms with van der Waals surface area (Å²) in [6.07, 6.45) is 7.51. The number of hydrogen-bond acceptors (Lipinski definition) is 8. The molecule has 0 spiro atoms. The average Bonchev–Trinajstić information content (AvgIpc) is 3.32. The van der Waals surface area contributed by atoms with E-state index in [1.807, 2.05) is 43.1 Å². The average molecular weight is 449 g/mol. The molecule has 1 aromatic heterocycles. The predicted octanol–water partition coefficient (Wildman–Crippen LogP) is 3.68. The molecule has 2 aliphatic heterocycles. The number of nitrogens with zero attached hydrogens (tertiary/aromatic N) is 4. The number of hydrogen-bond donors (Lipinski definition) is 2. The van der Waals surface area contributed by atoms with Gasteiger partial charge in [0, 0.05) is 32.1 Å². The highest BCUT2D eigenvalue weighted by Crippen LogP contribution is 2.43. The van der Waals surface area contributed by atoms with E-state index >= 15 is 0 Å². The first-order chi connectivity index (χ1) is 14.5. The van der Waals surface area contributed by atoms with E-state index in [-0.39, 0.29) is 17.9 Å². The smallest absolute Gasteiger partial charge is 0.251 e. The fourth-order valence-corrected chi connectivity index (χ4v) is 6.86. The van der Waals surface area contributed by atoms with Crippen molar-refractivity contribution >= 4 is 50.9 Å². The largest absolute Gasteiger partial charge is 0.373 e. The lowest BCUT2D eigenvalue weighted by Gasteiger charge is -2.35. The third-order valence-corrected chi connectivity index (χ3v) is 8.32. The van der Waals surface area contributed by atoms with Gasteiger partial charge in [-0.3, -0.25) is 9.80 Å². The summed E-state index contributed by atoms with van der Waals surface area (Å²) in [4.78, 5) is 12.1. The van der Waals surface area contributed by atoms with E-state index in [1.165, 1.54) is 5.71 Å². The normalized spacial score (nSPS) is 28.0. The molecule has 3 heterocycles. The van der Waals surface area contributed by atoms with Crippen LogP contribution in [-0.2, 0) is 0 Å². The molecule has 1 saturated carbocycles. The van der Waals surface area contributed by atoms with Crippen LogP contribution in [0.3, 0.4) is 0 Å². The predicted molar refractivity (Wildman–Crippen MR) is 129 cm³/mol. The van der Waals surface area contributed by atoms with Crippen molar-refractivity contribution in [3.05, 3.63) is 11.6 Å². The van der Waals surface area contributed by atoms with Crippen LogP contribution in [0.5, 0.6) is 0 Å². The van der Waals surface area contributed by atoms with Crippen molar-refractivity contribution in [1.82, 2.24) is 5.01 Å². The van der Waals surface area contributed by atoms with Crippen molar-refractivity contribution < 1.29 is 4.79 Å². The van der Waals surface area contributed by atoms with Gasteiger partial charge in [0.1, 0.15) is 10.0 Å². The molecule has 7 nitrogen and oxygen atoms in total. The van der Waals surface area contributed by atoms with Crippen LogP contribution in [0, 0.1) is 11.8 Å². The van der Waals surface area contributed by atoms with Crippen LogP contribution in [0.2, 0.25) is 0 Å². The molecule has 1 aliphatic carbocycles. The van der Waals surface area contributed by atoms with Gasteiger partial charge in [0.15, 0.2) is 0 Å². The Morgan fingerprint density at radius 2 is 2.17 bits per heavy atom. The lowest BCUT2D eigenvalue weighted by atomic mass is 9.76. The van der Waals surface area contributed by atoms with Crippen molar-refractivity contribution in [1.29, 1.82) is 0 Å². The van der Waals surface area contributed by atoms with Crippen molar-refractivity contribution in [2.75, 3.05) is 35.9 Å². The third kappa shape index (κ3) is 4.46. The van der Waals surface area contributed by atoms with Crippen molar-refractivity contribution in [3.63, 3.8) is 0 Å². The summed E-state index contributed by atoms with van der Waals surface area (Å²) in [5.74, 6) is 2.76. The molecule has 164 valence electrons. The number of fused-ring (bicyclic) bond motifs is 1. The summed E-state index contributed by atoms with van der Waals surface area (Å²) in [5.41, 5.74) is 7.51. The van der Waals surface area contributed by atoms with Crippen LogP contribution >= 0.6 is 23.1 Å². The molecule has 1 aromatic rings. The number of anilines is 2. The highest BCUT2D eigenvalue weighted by atomic mass is 32.2. The lowest BCUT2D eigenvalue weighted by Crippen LogP contribution is -2.43. The fourth-order valence-electron chi connectivity index (χ4n) is 4.60. The Morgan fingerprint density at radius 1 is 1.40 bits per heavy atom. The molecule has 3 unspecified atom stereocenters. The first-order valence-corrected chi connectivity index (χ1v) is 12.8. The van der Waals surface area contributed by atoms with Gasteiger partial charge in [-0.15, -0.1) is 0 Å². The van der Waals surface area contributed by atoms with Gasteiger partial charge < -0.3 is 16.1 Å². The molecule has 0 radical (unpaired) electrons. The van der Waals surface area contributed by atoms with Crippen molar-refractivity contribution in [2.24, 2.45) is 27.8 Å². The molecular weight excluding hydrogens is 416 g/mol. The fraction of sp³-hybridized carbons (Fsp3) is 0.667. The molecule has 4 rings (SSSR count). The number of amides is 1. The first kappa shape index (κ1) is 21.5. The highest BCUT2D eigenvalue weighted by Gasteiger charge is 2.42. The van der Waals surface area contributed by atoms with E-state index in [2.05, 4.69) is 17.2 Å². The summed E-state index contributed by atoms with van der Waals surface area (Å²) >= 11 is 3.60. The lowest BCUT2D eigenvalue weighted by molar-refractivity contribution is 0.100. The van der Waals surface area contributed by atoms with Gasteiger partial charge >= 0.3 is 0 Å². The van der Waals surface area contributed by atoms with Gasteiger partial charge in [0.25, 0.3) is 5.91 Å². The minimum atomic E-state index is -0.380. The number of thiophene rings is 1. The molecule has 1 amide bonds. The van der Waals surface area contributed by atoms with Crippen LogP contribution in [0.15, 0.2) is 16.3 Å². The van der Waals surface area contributed by atoms with Crippen LogP contribution < -0.4 is 16.1 Å². The quantitative estimate of drug-likeness (QED) is 0.648. The Bertz CT molecular complexity index is 829. The number of rotatable bonds is 6. The van der Waals surface area contributed by atoms with Crippen LogP contribution in [0.1, 0.15) is 49.4 Å². The van der Waals surface area contributed by atoms with E-state index in [0.29, 0.717) is 17.5 Å². The molecule has 0 aromatic carbocycles. The topological polar surface area (TPSA) is 86.3 Å². The number of hydrazone groups is 2. The van der Waals surface area contributed by atoms with E-state index in [0.717, 1.165) is 53.6 Å². The van der Waals surface area contributed by atoms with Crippen molar-refractivity contribution in [2.45, 2.75) is 51.1 Å². The standard InChI is InChI=1S/C21H32N6OS2/c1-4-13-9-17(25-26(2)3)16-12-23-27(18(16)10-13)19-11-15(20(22)28)21(30-19)24-14-5-7-29-8-6-14/h11-14,16,18,24H,4-10H2,1-3H3,(H2,22,28)/b25-17+. The van der Waals surface area contributed by atoms with Crippen LogP contribution in [-0.4, -0.2) is 60.5 Å². The van der Waals surface area contributed by atoms with Gasteiger partial charge in [0.2, 0.25) is 0 Å². The maximum atomic E-state index is 12.1. The maximum absolute atomic E-state index is 12.1. The maximum Gasteiger partial charge on any atom is 0.251 e. The van der Waals surface area contributed by atoms with Gasteiger partial charge in [-0.25, -0.2) is 0 Å². The molecule has 9 heteroatoms. The molecule has 0 bridgehead atoms. The Morgan fingerprint density at radius 3 is 2.83 bits per heavy atom. The minimum absolute atomic E-state index is 0.223. The Labute approximate surface area is 187 Å². The molecule has 3 atom stereocenters. The van der Waals surface area contributed by atoms with Crippen LogP contribution in [0.25, 0.3) is 0 Å². The Hall–Kier alpha value is -1.74. The Balaban J connectivity index is 1.59. The Kier molecular flexibility index (Phi) is 6.57. The summed E-state index contributed by atoms with van der Waals surface area (Å²) in [5, 5.41) is 19.0. The number of nitrogens with two attached hydrogens (primary N) is 1. The third-order valence-electron chi connectivity index (χ3n) is 6.21. The zero-order valence-electron chi connectivity index (χ0n) is 18.0. The number of primary amides is 1. The van der Waals surface area contributed by atoms with Gasteiger partial charge in [-0.1, -0.05) is 24.7 Å². The second kappa shape index (κ2) is 9.18. The molecule has 3 N–H and O–H groups in total.